The summed E-state index contributed by atoms with van der Waals surface area (Å²) in [7, 11) is 0. The average molecular weight is 200 g/mol. The minimum atomic E-state index is -0.643. The Labute approximate surface area is 81.3 Å². The summed E-state index contributed by atoms with van der Waals surface area (Å²) in [4.78, 5) is 21.8. The van der Waals surface area contributed by atoms with Crippen LogP contribution in [0.4, 0.5) is 0 Å². The van der Waals surface area contributed by atoms with Crippen molar-refractivity contribution in [3.63, 3.8) is 0 Å². The number of cyclic esters (lactones) is 1. The summed E-state index contributed by atoms with van der Waals surface area (Å²) >= 11 is 0. The van der Waals surface area contributed by atoms with Gasteiger partial charge in [0.25, 0.3) is 0 Å². The maximum absolute atomic E-state index is 11.1. The Morgan fingerprint density at radius 3 is 2.93 bits per heavy atom. The summed E-state index contributed by atoms with van der Waals surface area (Å²) < 4.78 is 9.61. The van der Waals surface area contributed by atoms with Crippen LogP contribution in [0.2, 0.25) is 0 Å². The van der Waals surface area contributed by atoms with E-state index in [1.54, 1.807) is 0 Å². The third kappa shape index (κ3) is 2.85. The average Bonchev–Trinajstić information content (AvgIpc) is 2.20. The summed E-state index contributed by atoms with van der Waals surface area (Å²) in [6.45, 7) is 2.98. The van der Waals surface area contributed by atoms with Crippen LogP contribution < -0.4 is 0 Å². The SMILES string of the molecule is C=C(CO)C(=O)OC1CCC(=O)OC1. The summed E-state index contributed by atoms with van der Waals surface area (Å²) in [5, 5.41) is 8.59. The Hall–Kier alpha value is -1.36. The number of aliphatic hydroxyl groups is 1. The Morgan fingerprint density at radius 1 is 1.71 bits per heavy atom. The van der Waals surface area contributed by atoms with Crippen molar-refractivity contribution < 1.29 is 24.2 Å². The molecule has 0 bridgehead atoms. The third-order valence-electron chi connectivity index (χ3n) is 1.85. The van der Waals surface area contributed by atoms with E-state index in [4.69, 9.17) is 14.6 Å². The minimum Gasteiger partial charge on any atom is -0.462 e. The van der Waals surface area contributed by atoms with Crippen LogP contribution in [0.25, 0.3) is 0 Å². The fraction of sp³-hybridized carbons (Fsp3) is 0.556. The summed E-state index contributed by atoms with van der Waals surface area (Å²) in [6.07, 6.45) is 0.302. The molecule has 1 unspecified atom stereocenters. The molecule has 0 aromatic rings. The van der Waals surface area contributed by atoms with Gasteiger partial charge in [-0.15, -0.1) is 0 Å². The second-order valence-electron chi connectivity index (χ2n) is 3.01. The number of carbonyl (C=O) groups is 2. The normalized spacial score (nSPS) is 21.2. The molecule has 0 spiro atoms. The Kier molecular flexibility index (Phi) is 3.64. The maximum Gasteiger partial charge on any atom is 0.336 e. The van der Waals surface area contributed by atoms with Gasteiger partial charge in [0.2, 0.25) is 0 Å². The molecule has 0 amide bonds. The Morgan fingerprint density at radius 2 is 2.43 bits per heavy atom. The van der Waals surface area contributed by atoms with E-state index in [1.807, 2.05) is 0 Å². The fourth-order valence-corrected chi connectivity index (χ4v) is 1.01. The molecule has 1 heterocycles. The van der Waals surface area contributed by atoms with Crippen molar-refractivity contribution in [3.05, 3.63) is 12.2 Å². The third-order valence-corrected chi connectivity index (χ3v) is 1.85. The van der Waals surface area contributed by atoms with Crippen LogP contribution >= 0.6 is 0 Å². The van der Waals surface area contributed by atoms with Crippen LogP contribution in [-0.2, 0) is 19.1 Å². The predicted octanol–water partition coefficient (Wildman–Crippen LogP) is -0.216. The zero-order valence-electron chi connectivity index (χ0n) is 7.69. The molecule has 1 aliphatic rings. The van der Waals surface area contributed by atoms with Crippen molar-refractivity contribution >= 4 is 11.9 Å². The van der Waals surface area contributed by atoms with E-state index in [2.05, 4.69) is 6.58 Å². The number of esters is 2. The van der Waals surface area contributed by atoms with Crippen LogP contribution in [0.3, 0.4) is 0 Å². The second-order valence-corrected chi connectivity index (χ2v) is 3.01. The molecular weight excluding hydrogens is 188 g/mol. The van der Waals surface area contributed by atoms with E-state index < -0.39 is 18.7 Å². The highest BCUT2D eigenvalue weighted by molar-refractivity contribution is 5.88. The van der Waals surface area contributed by atoms with Crippen molar-refractivity contribution in [2.24, 2.45) is 0 Å². The molecule has 0 saturated carbocycles. The summed E-state index contributed by atoms with van der Waals surface area (Å²) in [6, 6.07) is 0. The van der Waals surface area contributed by atoms with Gasteiger partial charge in [-0.25, -0.2) is 4.79 Å². The van der Waals surface area contributed by atoms with Gasteiger partial charge in [0.15, 0.2) is 0 Å². The first-order valence-corrected chi connectivity index (χ1v) is 4.28. The predicted molar refractivity (Wildman–Crippen MR) is 46.3 cm³/mol. The van der Waals surface area contributed by atoms with Gasteiger partial charge in [-0.1, -0.05) is 6.58 Å². The van der Waals surface area contributed by atoms with Gasteiger partial charge < -0.3 is 14.6 Å². The maximum atomic E-state index is 11.1. The first-order chi connectivity index (χ1) is 6.63. The zero-order chi connectivity index (χ0) is 10.6. The highest BCUT2D eigenvalue weighted by atomic mass is 16.6. The largest absolute Gasteiger partial charge is 0.462 e. The lowest BCUT2D eigenvalue weighted by Gasteiger charge is -2.21. The van der Waals surface area contributed by atoms with Crippen LogP contribution in [0, 0.1) is 0 Å². The number of hydrogen-bond acceptors (Lipinski definition) is 5. The number of carbonyl (C=O) groups excluding carboxylic acids is 2. The molecule has 1 saturated heterocycles. The molecule has 0 radical (unpaired) electrons. The van der Waals surface area contributed by atoms with E-state index >= 15 is 0 Å². The first-order valence-electron chi connectivity index (χ1n) is 4.28. The summed E-state index contributed by atoms with van der Waals surface area (Å²) in [5.74, 6) is -0.922. The number of ether oxygens (including phenoxy) is 2. The highest BCUT2D eigenvalue weighted by Crippen LogP contribution is 2.12. The fourth-order valence-electron chi connectivity index (χ4n) is 1.01. The van der Waals surface area contributed by atoms with E-state index in [1.165, 1.54) is 0 Å². The number of rotatable bonds is 3. The van der Waals surface area contributed by atoms with Crippen LogP contribution in [-0.4, -0.2) is 36.4 Å². The van der Waals surface area contributed by atoms with Crippen molar-refractivity contribution in [2.45, 2.75) is 18.9 Å². The van der Waals surface area contributed by atoms with E-state index in [0.29, 0.717) is 6.42 Å². The lowest BCUT2D eigenvalue weighted by molar-refractivity contribution is -0.163. The van der Waals surface area contributed by atoms with Crippen LogP contribution in [0.5, 0.6) is 0 Å². The lowest BCUT2D eigenvalue weighted by Crippen LogP contribution is -2.31. The Balaban J connectivity index is 2.34. The summed E-state index contributed by atoms with van der Waals surface area (Å²) in [5.41, 5.74) is 0.00176. The number of hydrogen-bond donors (Lipinski definition) is 1. The molecule has 14 heavy (non-hydrogen) atoms. The molecule has 1 atom stereocenters. The van der Waals surface area contributed by atoms with Gasteiger partial charge in [0.05, 0.1) is 12.2 Å². The molecule has 0 aromatic heterocycles. The molecule has 5 heteroatoms. The van der Waals surface area contributed by atoms with Crippen molar-refractivity contribution in [3.8, 4) is 0 Å². The second kappa shape index (κ2) is 4.76. The molecule has 5 nitrogen and oxygen atoms in total. The molecule has 1 aliphatic heterocycles. The highest BCUT2D eigenvalue weighted by Gasteiger charge is 2.23. The zero-order valence-corrected chi connectivity index (χ0v) is 7.69. The molecule has 1 N–H and O–H groups in total. The van der Waals surface area contributed by atoms with E-state index in [-0.39, 0.29) is 24.6 Å². The number of aliphatic hydroxyl groups excluding tert-OH is 1. The standard InChI is InChI=1S/C9H12O5/c1-6(4-10)9(12)14-7-2-3-8(11)13-5-7/h7,10H,1-5H2. The van der Waals surface area contributed by atoms with Gasteiger partial charge in [-0.2, -0.15) is 0 Å². The lowest BCUT2D eigenvalue weighted by atomic mass is 10.1. The molecule has 78 valence electrons. The smallest absolute Gasteiger partial charge is 0.336 e. The molecule has 1 fully saturated rings. The molecular formula is C9H12O5. The van der Waals surface area contributed by atoms with Gasteiger partial charge in [0.1, 0.15) is 12.7 Å². The van der Waals surface area contributed by atoms with Crippen LogP contribution in [0.1, 0.15) is 12.8 Å². The van der Waals surface area contributed by atoms with Crippen LogP contribution in [0.15, 0.2) is 12.2 Å². The van der Waals surface area contributed by atoms with E-state index in [0.717, 1.165) is 0 Å². The molecule has 1 rings (SSSR count). The van der Waals surface area contributed by atoms with Gasteiger partial charge in [-0.3, -0.25) is 4.79 Å². The van der Waals surface area contributed by atoms with Crippen molar-refractivity contribution in [1.82, 2.24) is 0 Å². The monoisotopic (exact) mass is 200 g/mol. The van der Waals surface area contributed by atoms with Crippen molar-refractivity contribution in [1.29, 1.82) is 0 Å². The van der Waals surface area contributed by atoms with Crippen molar-refractivity contribution in [2.75, 3.05) is 13.2 Å². The minimum absolute atomic E-state index is 0.00176. The van der Waals surface area contributed by atoms with E-state index in [9.17, 15) is 9.59 Å². The first kappa shape index (κ1) is 10.7. The molecule has 0 aromatic carbocycles. The topological polar surface area (TPSA) is 72.8 Å². The quantitative estimate of drug-likeness (QED) is 0.504. The Bertz CT molecular complexity index is 248. The van der Waals surface area contributed by atoms with Gasteiger partial charge in [-0.05, 0) is 6.42 Å². The van der Waals surface area contributed by atoms with Gasteiger partial charge in [0, 0.05) is 6.42 Å². The van der Waals surface area contributed by atoms with Gasteiger partial charge >= 0.3 is 11.9 Å². The molecule has 0 aliphatic carbocycles.